The fraction of sp³-hybridized carbons (Fsp3) is 0.548. The summed E-state index contributed by atoms with van der Waals surface area (Å²) in [5.74, 6) is -1.44. The van der Waals surface area contributed by atoms with Crippen molar-refractivity contribution in [3.8, 4) is 0 Å². The first-order chi connectivity index (χ1) is 18.9. The SMILES string of the molecule is CC(C)(C)C[C@H]1N[C@@H](C(=O)CCCN2CCC(O)CC2)[C@H](c2cccc(Cl)c2)[C@@]12C(=O)Nc1cc(Cl)c(F)cc12. The number of piperidine rings is 1. The number of carbonyl (C=O) groups is 2. The number of rotatable bonds is 7. The van der Waals surface area contributed by atoms with Crippen molar-refractivity contribution in [1.29, 1.82) is 0 Å². The van der Waals surface area contributed by atoms with Gasteiger partial charge < -0.3 is 20.6 Å². The predicted octanol–water partition coefficient (Wildman–Crippen LogP) is 5.69. The lowest BCUT2D eigenvalue weighted by atomic mass is 9.62. The highest BCUT2D eigenvalue weighted by atomic mass is 35.5. The summed E-state index contributed by atoms with van der Waals surface area (Å²) in [5.41, 5.74) is 0.340. The van der Waals surface area contributed by atoms with Crippen LogP contribution in [0.2, 0.25) is 10.0 Å². The highest BCUT2D eigenvalue weighted by molar-refractivity contribution is 6.31. The Morgan fingerprint density at radius 3 is 2.58 bits per heavy atom. The van der Waals surface area contributed by atoms with Gasteiger partial charge in [-0.05, 0) is 73.0 Å². The Kier molecular flexibility index (Phi) is 8.35. The van der Waals surface area contributed by atoms with E-state index in [1.54, 1.807) is 6.07 Å². The topological polar surface area (TPSA) is 81.7 Å². The van der Waals surface area contributed by atoms with Gasteiger partial charge in [-0.25, -0.2) is 4.39 Å². The largest absolute Gasteiger partial charge is 0.393 e. The molecule has 0 saturated carbocycles. The molecule has 3 N–H and O–H groups in total. The summed E-state index contributed by atoms with van der Waals surface area (Å²) in [6.07, 6.45) is 2.87. The van der Waals surface area contributed by atoms with Gasteiger partial charge in [0.05, 0.1) is 17.2 Å². The lowest BCUT2D eigenvalue weighted by molar-refractivity contribution is -0.122. The van der Waals surface area contributed by atoms with Gasteiger partial charge in [-0.15, -0.1) is 0 Å². The molecule has 0 aromatic heterocycles. The number of halogens is 3. The Balaban J connectivity index is 1.55. The van der Waals surface area contributed by atoms with Gasteiger partial charge in [0.2, 0.25) is 5.91 Å². The first-order valence-electron chi connectivity index (χ1n) is 14.2. The maximum Gasteiger partial charge on any atom is 0.237 e. The third kappa shape index (κ3) is 5.56. The van der Waals surface area contributed by atoms with Crippen LogP contribution >= 0.6 is 23.2 Å². The van der Waals surface area contributed by atoms with Crippen molar-refractivity contribution in [2.45, 2.75) is 82.4 Å². The number of likely N-dealkylation sites (tertiary alicyclic amines) is 1. The molecular weight excluding hydrogens is 552 g/mol. The van der Waals surface area contributed by atoms with E-state index in [9.17, 15) is 14.7 Å². The molecule has 3 heterocycles. The zero-order valence-corrected chi connectivity index (χ0v) is 24.8. The van der Waals surface area contributed by atoms with E-state index >= 15 is 4.39 Å². The number of aliphatic hydroxyl groups excluding tert-OH is 1. The molecule has 216 valence electrons. The smallest absolute Gasteiger partial charge is 0.237 e. The lowest BCUT2D eigenvalue weighted by Gasteiger charge is -2.37. The van der Waals surface area contributed by atoms with Crippen LogP contribution in [0.3, 0.4) is 0 Å². The molecule has 2 aromatic carbocycles. The quantitative estimate of drug-likeness (QED) is 0.386. The summed E-state index contributed by atoms with van der Waals surface area (Å²) in [6.45, 7) is 8.71. The van der Waals surface area contributed by atoms with Gasteiger partial charge in [-0.3, -0.25) is 9.59 Å². The number of aliphatic hydroxyl groups is 1. The summed E-state index contributed by atoms with van der Waals surface area (Å²) in [4.78, 5) is 30.5. The van der Waals surface area contributed by atoms with Crippen LogP contribution < -0.4 is 10.6 Å². The van der Waals surface area contributed by atoms with Crippen molar-refractivity contribution in [3.63, 3.8) is 0 Å². The highest BCUT2D eigenvalue weighted by Gasteiger charge is 2.65. The second-order valence-corrected chi connectivity index (χ2v) is 13.6. The maximum absolute atomic E-state index is 15.0. The molecule has 1 spiro atoms. The Morgan fingerprint density at radius 1 is 1.18 bits per heavy atom. The van der Waals surface area contributed by atoms with Crippen LogP contribution in [0.1, 0.15) is 69.9 Å². The average molecular weight is 591 g/mol. The molecule has 0 aliphatic carbocycles. The Morgan fingerprint density at radius 2 is 1.90 bits per heavy atom. The van der Waals surface area contributed by atoms with E-state index in [2.05, 4.69) is 36.3 Å². The van der Waals surface area contributed by atoms with E-state index in [1.807, 2.05) is 18.2 Å². The van der Waals surface area contributed by atoms with Crippen LogP contribution in [0.5, 0.6) is 0 Å². The molecule has 0 bridgehead atoms. The van der Waals surface area contributed by atoms with Gasteiger partial charge >= 0.3 is 0 Å². The summed E-state index contributed by atoms with van der Waals surface area (Å²) in [7, 11) is 0. The van der Waals surface area contributed by atoms with E-state index in [1.165, 1.54) is 12.1 Å². The molecule has 0 unspecified atom stereocenters. The number of fused-ring (bicyclic) bond motifs is 2. The zero-order valence-electron chi connectivity index (χ0n) is 23.3. The first-order valence-corrected chi connectivity index (χ1v) is 14.9. The second kappa shape index (κ2) is 11.3. The molecule has 3 aliphatic heterocycles. The normalized spacial score (nSPS) is 27.3. The minimum absolute atomic E-state index is 0.0217. The summed E-state index contributed by atoms with van der Waals surface area (Å²) >= 11 is 12.6. The third-order valence-electron chi connectivity index (χ3n) is 8.71. The van der Waals surface area contributed by atoms with Crippen LogP contribution in [0.4, 0.5) is 10.1 Å². The summed E-state index contributed by atoms with van der Waals surface area (Å²) < 4.78 is 15.0. The van der Waals surface area contributed by atoms with Crippen molar-refractivity contribution < 1.29 is 19.1 Å². The fourth-order valence-corrected chi connectivity index (χ4v) is 7.32. The van der Waals surface area contributed by atoms with Crippen LogP contribution in [0.25, 0.3) is 0 Å². The predicted molar refractivity (Wildman–Crippen MR) is 157 cm³/mol. The maximum atomic E-state index is 15.0. The van der Waals surface area contributed by atoms with Gasteiger partial charge in [0.15, 0.2) is 0 Å². The third-order valence-corrected chi connectivity index (χ3v) is 9.23. The number of ketones is 1. The van der Waals surface area contributed by atoms with Gasteiger partial charge in [-0.2, -0.15) is 0 Å². The molecule has 1 amide bonds. The average Bonchev–Trinajstić information content (AvgIpc) is 3.35. The minimum Gasteiger partial charge on any atom is -0.393 e. The lowest BCUT2D eigenvalue weighted by Crippen LogP contribution is -2.49. The van der Waals surface area contributed by atoms with Crippen LogP contribution in [-0.2, 0) is 15.0 Å². The zero-order chi connectivity index (χ0) is 28.8. The molecule has 40 heavy (non-hydrogen) atoms. The molecule has 2 aromatic rings. The number of Topliss-reactive ketones (excluding diaryl/α,β-unsaturated/α-hetero) is 1. The standard InChI is InChI=1S/C31H38Cl2FN3O3/c1-30(2,3)17-26-31(21-15-23(34)22(33)16-24(21)35-29(31)40)27(18-6-4-7-19(32)14-18)28(36-26)25(39)8-5-11-37-12-9-20(38)10-13-37/h4,6-7,14-16,20,26-28,36,38H,5,8-13,17H2,1-3H3,(H,35,40)/t26-,27+,28+,31+/m1/s1. The van der Waals surface area contributed by atoms with Gasteiger partial charge in [0.25, 0.3) is 0 Å². The number of carbonyl (C=O) groups excluding carboxylic acids is 2. The van der Waals surface area contributed by atoms with Crippen molar-refractivity contribution >= 4 is 40.6 Å². The number of benzene rings is 2. The van der Waals surface area contributed by atoms with Crippen LogP contribution in [0.15, 0.2) is 36.4 Å². The first kappa shape index (κ1) is 29.5. The Hall–Kier alpha value is -2.03. The summed E-state index contributed by atoms with van der Waals surface area (Å²) in [6, 6.07) is 9.03. The molecule has 0 radical (unpaired) electrons. The van der Waals surface area contributed by atoms with Crippen molar-refractivity contribution in [2.75, 3.05) is 25.0 Å². The number of nitrogens with one attached hydrogen (secondary N) is 2. The fourth-order valence-electron chi connectivity index (χ4n) is 6.96. The Labute approximate surface area is 245 Å². The number of hydrogen-bond donors (Lipinski definition) is 3. The molecule has 5 rings (SSSR count). The van der Waals surface area contributed by atoms with Gasteiger partial charge in [-0.1, -0.05) is 56.1 Å². The van der Waals surface area contributed by atoms with Crippen LogP contribution in [-0.4, -0.2) is 59.5 Å². The van der Waals surface area contributed by atoms with E-state index in [4.69, 9.17) is 23.2 Å². The highest BCUT2D eigenvalue weighted by Crippen LogP contribution is 2.57. The van der Waals surface area contributed by atoms with Crippen LogP contribution in [0, 0.1) is 11.2 Å². The number of amides is 1. The molecule has 4 atom stereocenters. The molecule has 2 saturated heterocycles. The van der Waals surface area contributed by atoms with Crippen molar-refractivity contribution in [3.05, 3.63) is 63.4 Å². The minimum atomic E-state index is -1.23. The summed E-state index contributed by atoms with van der Waals surface area (Å²) in [5, 5.41) is 16.8. The number of nitrogens with zero attached hydrogens (tertiary/aromatic N) is 1. The van der Waals surface area contributed by atoms with Gasteiger partial charge in [0.1, 0.15) is 17.0 Å². The monoisotopic (exact) mass is 589 g/mol. The van der Waals surface area contributed by atoms with Crippen molar-refractivity contribution in [2.24, 2.45) is 5.41 Å². The molecule has 2 fully saturated rings. The number of anilines is 1. The van der Waals surface area contributed by atoms with Crippen molar-refractivity contribution in [1.82, 2.24) is 10.2 Å². The van der Waals surface area contributed by atoms with E-state index in [0.717, 1.165) is 38.0 Å². The second-order valence-electron chi connectivity index (χ2n) is 12.8. The molecule has 9 heteroatoms. The van der Waals surface area contributed by atoms with Gasteiger partial charge in [0, 0.05) is 42.2 Å². The molecule has 3 aliphatic rings. The number of hydrogen-bond acceptors (Lipinski definition) is 5. The molecular formula is C31H38Cl2FN3O3. The molecule has 6 nitrogen and oxygen atoms in total. The Bertz CT molecular complexity index is 1290. The van der Waals surface area contributed by atoms with E-state index < -0.39 is 29.2 Å². The van der Waals surface area contributed by atoms with E-state index in [-0.39, 0.29) is 28.2 Å². The van der Waals surface area contributed by atoms with E-state index in [0.29, 0.717) is 35.5 Å².